The van der Waals surface area contributed by atoms with Crippen LogP contribution in [0.5, 0.6) is 0 Å². The molecule has 3 aromatic heterocycles. The smallest absolute Gasteiger partial charge is 0.145 e. The summed E-state index contributed by atoms with van der Waals surface area (Å²) in [4.78, 5) is 4.98. The highest BCUT2D eigenvalue weighted by molar-refractivity contribution is 7.25. The molecule has 3 heteroatoms. The minimum absolute atomic E-state index is 0.885. The quantitative estimate of drug-likeness (QED) is 0.223. The summed E-state index contributed by atoms with van der Waals surface area (Å²) < 4.78 is 9.24. The summed E-state index contributed by atoms with van der Waals surface area (Å²) >= 11 is 1.84. The molecule has 0 amide bonds. The Morgan fingerprint density at radius 3 is 2.10 bits per heavy atom. The van der Waals surface area contributed by atoms with E-state index in [0.29, 0.717) is 0 Å². The number of pyridine rings is 1. The highest BCUT2D eigenvalue weighted by Crippen LogP contribution is 2.42. The fourth-order valence-corrected chi connectivity index (χ4v) is 7.22. The summed E-state index contributed by atoms with van der Waals surface area (Å²) in [7, 11) is 0. The molecule has 9 aromatic rings. The molecule has 0 atom stereocenters. The van der Waals surface area contributed by atoms with Gasteiger partial charge in [-0.05, 0) is 69.6 Å². The Bertz CT molecular complexity index is 2430. The van der Waals surface area contributed by atoms with Crippen molar-refractivity contribution in [3.8, 4) is 22.4 Å². The summed E-state index contributed by atoms with van der Waals surface area (Å²) in [6, 6.07) is 43.3. The number of aromatic nitrogens is 1. The minimum Gasteiger partial charge on any atom is -0.455 e. The number of hydrogen-bond acceptors (Lipinski definition) is 3. The number of rotatable bonds is 2. The Morgan fingerprint density at radius 1 is 0.525 bits per heavy atom. The van der Waals surface area contributed by atoms with Crippen LogP contribution in [0.1, 0.15) is 0 Å². The van der Waals surface area contributed by atoms with Crippen LogP contribution in [0.25, 0.3) is 86.0 Å². The third-order valence-electron chi connectivity index (χ3n) is 8.08. The molecular weight excluding hydrogens is 506 g/mol. The summed E-state index contributed by atoms with van der Waals surface area (Å²) in [5, 5.41) is 9.67. The largest absolute Gasteiger partial charge is 0.455 e. The van der Waals surface area contributed by atoms with Gasteiger partial charge in [0.15, 0.2) is 0 Å². The molecule has 0 fully saturated rings. The Morgan fingerprint density at radius 2 is 1.25 bits per heavy atom. The summed E-state index contributed by atoms with van der Waals surface area (Å²) in [5.74, 6) is 0. The van der Waals surface area contributed by atoms with Gasteiger partial charge >= 0.3 is 0 Å². The maximum atomic E-state index is 6.61. The van der Waals surface area contributed by atoms with E-state index in [1.54, 1.807) is 0 Å². The lowest BCUT2D eigenvalue weighted by atomic mass is 9.97. The van der Waals surface area contributed by atoms with E-state index in [1.165, 1.54) is 47.3 Å². The van der Waals surface area contributed by atoms with Gasteiger partial charge < -0.3 is 4.42 Å². The average molecular weight is 528 g/mol. The van der Waals surface area contributed by atoms with Gasteiger partial charge in [-0.2, -0.15) is 0 Å². The Kier molecular flexibility index (Phi) is 4.52. The molecule has 3 heterocycles. The van der Waals surface area contributed by atoms with E-state index in [-0.39, 0.29) is 0 Å². The molecule has 40 heavy (non-hydrogen) atoms. The van der Waals surface area contributed by atoms with Crippen LogP contribution in [0.15, 0.2) is 132 Å². The van der Waals surface area contributed by atoms with Gasteiger partial charge in [-0.15, -0.1) is 11.3 Å². The predicted octanol–water partition coefficient (Wildman–Crippen LogP) is 11.0. The van der Waals surface area contributed by atoms with Gasteiger partial charge in [-0.3, -0.25) is 4.98 Å². The second-order valence-corrected chi connectivity index (χ2v) is 11.5. The van der Waals surface area contributed by atoms with E-state index in [9.17, 15) is 0 Å². The first kappa shape index (κ1) is 21.9. The Hall–Kier alpha value is -4.99. The van der Waals surface area contributed by atoms with Crippen LogP contribution in [-0.2, 0) is 0 Å². The third-order valence-corrected chi connectivity index (χ3v) is 9.23. The lowest BCUT2D eigenvalue weighted by molar-refractivity contribution is 0.670. The standard InChI is InChI=1S/C37H21NOS/c1-2-8-23-20-33-31(18-22(23)7-1)36-27-10-4-3-9-25(27)19-30(37(36)39-33)32-15-13-26(21-38-32)24-14-16-35-29(17-24)28-11-5-6-12-34(28)40-35/h1-21H. The van der Waals surface area contributed by atoms with Gasteiger partial charge in [0.1, 0.15) is 11.2 Å². The maximum Gasteiger partial charge on any atom is 0.145 e. The zero-order valence-electron chi connectivity index (χ0n) is 21.4. The number of hydrogen-bond donors (Lipinski definition) is 0. The molecule has 0 aliphatic rings. The molecule has 0 radical (unpaired) electrons. The van der Waals surface area contributed by atoms with E-state index in [0.717, 1.165) is 38.8 Å². The molecule has 186 valence electrons. The van der Waals surface area contributed by atoms with Gasteiger partial charge in [-0.1, -0.05) is 78.9 Å². The van der Waals surface area contributed by atoms with Crippen molar-refractivity contribution in [2.75, 3.05) is 0 Å². The van der Waals surface area contributed by atoms with Crippen molar-refractivity contribution in [3.05, 3.63) is 128 Å². The molecule has 0 saturated heterocycles. The highest BCUT2D eigenvalue weighted by Gasteiger charge is 2.18. The topological polar surface area (TPSA) is 26.0 Å². The van der Waals surface area contributed by atoms with Crippen LogP contribution in [0, 0.1) is 0 Å². The van der Waals surface area contributed by atoms with Crippen LogP contribution >= 0.6 is 11.3 Å². The summed E-state index contributed by atoms with van der Waals surface area (Å²) in [5.41, 5.74) is 5.99. The Labute approximate surface area is 233 Å². The normalized spacial score (nSPS) is 12.0. The molecule has 0 aliphatic carbocycles. The van der Waals surface area contributed by atoms with Crippen molar-refractivity contribution >= 4 is 75.0 Å². The van der Waals surface area contributed by atoms with Crippen molar-refractivity contribution in [2.45, 2.75) is 0 Å². The van der Waals surface area contributed by atoms with Crippen LogP contribution in [0.3, 0.4) is 0 Å². The molecular formula is C37H21NOS. The van der Waals surface area contributed by atoms with Crippen LogP contribution < -0.4 is 0 Å². The Balaban J connectivity index is 1.23. The lowest BCUT2D eigenvalue weighted by Gasteiger charge is -2.08. The SMILES string of the molecule is c1ccc2cc3c(cc2c1)oc1c(-c2ccc(-c4ccc5sc6ccccc6c5c4)cn2)cc2ccccc2c13. The van der Waals surface area contributed by atoms with E-state index in [4.69, 9.17) is 9.40 Å². The predicted molar refractivity (Wildman–Crippen MR) is 170 cm³/mol. The van der Waals surface area contributed by atoms with Crippen molar-refractivity contribution in [1.29, 1.82) is 0 Å². The molecule has 0 spiro atoms. The van der Waals surface area contributed by atoms with Crippen molar-refractivity contribution in [2.24, 2.45) is 0 Å². The second kappa shape index (κ2) is 8.25. The van der Waals surface area contributed by atoms with Gasteiger partial charge in [0.05, 0.1) is 5.69 Å². The lowest BCUT2D eigenvalue weighted by Crippen LogP contribution is -1.87. The van der Waals surface area contributed by atoms with Crippen LogP contribution in [0.4, 0.5) is 0 Å². The molecule has 0 unspecified atom stereocenters. The van der Waals surface area contributed by atoms with E-state index >= 15 is 0 Å². The second-order valence-electron chi connectivity index (χ2n) is 10.4. The first-order chi connectivity index (χ1) is 19.8. The molecule has 2 nitrogen and oxygen atoms in total. The van der Waals surface area contributed by atoms with E-state index < -0.39 is 0 Å². The van der Waals surface area contributed by atoms with Crippen LogP contribution in [0.2, 0.25) is 0 Å². The van der Waals surface area contributed by atoms with Gasteiger partial charge in [0.2, 0.25) is 0 Å². The first-order valence-corrected chi connectivity index (χ1v) is 14.3. The summed E-state index contributed by atoms with van der Waals surface area (Å²) in [6.07, 6.45) is 1.99. The first-order valence-electron chi connectivity index (χ1n) is 13.4. The number of benzene rings is 6. The van der Waals surface area contributed by atoms with Crippen molar-refractivity contribution in [3.63, 3.8) is 0 Å². The van der Waals surface area contributed by atoms with Gasteiger partial charge in [-0.25, -0.2) is 0 Å². The van der Waals surface area contributed by atoms with Gasteiger partial charge in [0, 0.05) is 48.3 Å². The minimum atomic E-state index is 0.885. The van der Waals surface area contributed by atoms with E-state index in [1.807, 2.05) is 17.5 Å². The van der Waals surface area contributed by atoms with Crippen molar-refractivity contribution < 1.29 is 4.42 Å². The fraction of sp³-hybridized carbons (Fsp3) is 0. The molecule has 0 N–H and O–H groups in total. The average Bonchev–Trinajstić information content (AvgIpc) is 3.57. The highest BCUT2D eigenvalue weighted by atomic mass is 32.1. The molecule has 6 aromatic carbocycles. The number of furan rings is 1. The molecule has 9 rings (SSSR count). The molecule has 0 saturated carbocycles. The number of fused-ring (bicyclic) bond motifs is 9. The van der Waals surface area contributed by atoms with Crippen LogP contribution in [-0.4, -0.2) is 4.98 Å². The fourth-order valence-electron chi connectivity index (χ4n) is 6.13. The molecule has 0 aliphatic heterocycles. The molecule has 0 bridgehead atoms. The number of thiophene rings is 1. The zero-order valence-corrected chi connectivity index (χ0v) is 22.2. The van der Waals surface area contributed by atoms with Crippen molar-refractivity contribution in [1.82, 2.24) is 4.98 Å². The number of nitrogens with zero attached hydrogens (tertiary/aromatic N) is 1. The maximum absolute atomic E-state index is 6.61. The monoisotopic (exact) mass is 527 g/mol. The summed E-state index contributed by atoms with van der Waals surface area (Å²) in [6.45, 7) is 0. The zero-order chi connectivity index (χ0) is 26.2. The third kappa shape index (κ3) is 3.19. The van der Waals surface area contributed by atoms with Gasteiger partial charge in [0.25, 0.3) is 0 Å². The van der Waals surface area contributed by atoms with E-state index in [2.05, 4.69) is 121 Å².